The lowest BCUT2D eigenvalue weighted by Gasteiger charge is -2.45. The molecule has 16 rings (SSSR count). The molecule has 4 saturated heterocycles. The highest BCUT2D eigenvalue weighted by molar-refractivity contribution is 6.32. The Hall–Kier alpha value is -7.90. The fourth-order valence-electron chi connectivity index (χ4n) is 21.0. The summed E-state index contributed by atoms with van der Waals surface area (Å²) in [6.45, 7) is 15.1. The number of benzene rings is 6. The van der Waals surface area contributed by atoms with Gasteiger partial charge in [-0.05, 0) is 318 Å². The van der Waals surface area contributed by atoms with E-state index < -0.39 is 46.8 Å². The van der Waals surface area contributed by atoms with Gasteiger partial charge in [-0.1, -0.05) is 92.0 Å². The molecule has 0 radical (unpaired) electrons. The van der Waals surface area contributed by atoms with E-state index in [0.717, 1.165) is 157 Å². The monoisotopic (exact) mass is 1860 g/mol. The van der Waals surface area contributed by atoms with Gasteiger partial charge in [0.25, 0.3) is 6.47 Å². The highest BCUT2D eigenvalue weighted by Gasteiger charge is 2.55. The van der Waals surface area contributed by atoms with Crippen molar-refractivity contribution >= 4 is 71.0 Å². The lowest BCUT2D eigenvalue weighted by molar-refractivity contribution is -0.183. The Balaban J connectivity index is 0.000000155. The maximum Gasteiger partial charge on any atom is 0.416 e. The molecule has 0 bridgehead atoms. The van der Waals surface area contributed by atoms with Crippen LogP contribution < -0.4 is 10.1 Å². The van der Waals surface area contributed by atoms with Gasteiger partial charge in [-0.2, -0.15) is 39.5 Å². The number of nitrogens with zero attached hydrogens (tertiary/aromatic N) is 5. The second-order valence-electron chi connectivity index (χ2n) is 37.0. The summed E-state index contributed by atoms with van der Waals surface area (Å²) in [7, 11) is 2.78. The minimum absolute atomic E-state index is 0.00142. The first-order valence-corrected chi connectivity index (χ1v) is 46.5. The number of carbonyl (C=O) groups excluding carboxylic acids is 5. The quantitative estimate of drug-likeness (QED) is 0.0251. The molecule has 6 aromatic carbocycles. The summed E-state index contributed by atoms with van der Waals surface area (Å²) in [5.41, 5.74) is 5.21. The maximum atomic E-state index is 13.7. The van der Waals surface area contributed by atoms with Crippen LogP contribution >= 0.6 is 34.8 Å². The average molecular weight is 1870 g/mol. The molecule has 19 nitrogen and oxygen atoms in total. The van der Waals surface area contributed by atoms with Gasteiger partial charge < -0.3 is 49.4 Å². The molecule has 6 aromatic rings. The summed E-state index contributed by atoms with van der Waals surface area (Å²) in [4.78, 5) is 84.4. The fourth-order valence-corrected chi connectivity index (χ4v) is 22.0. The normalized spacial score (nSPS) is 24.3. The number of halogens is 12. The number of rotatable bonds is 24. The van der Waals surface area contributed by atoms with Crippen LogP contribution in [0.5, 0.6) is 5.75 Å². The Labute approximate surface area is 763 Å². The zero-order valence-corrected chi connectivity index (χ0v) is 75.9. The predicted octanol–water partition coefficient (Wildman–Crippen LogP) is 18.7. The van der Waals surface area contributed by atoms with Crippen LogP contribution in [0.1, 0.15) is 222 Å². The number of aliphatic hydroxyl groups is 2. The minimum atomic E-state index is -4.50. The third-order valence-electron chi connectivity index (χ3n) is 28.7. The van der Waals surface area contributed by atoms with Crippen LogP contribution in [-0.4, -0.2) is 193 Å². The Kier molecular flexibility index (Phi) is 32.8. The number of nitrogens with one attached hydrogen (secondary N) is 1. The van der Waals surface area contributed by atoms with Crippen molar-refractivity contribution in [2.24, 2.45) is 47.3 Å². The molecule has 10 aliphatic rings. The van der Waals surface area contributed by atoms with Gasteiger partial charge in [-0.15, -0.1) is 0 Å². The first-order chi connectivity index (χ1) is 61.5. The molecule has 31 heteroatoms. The van der Waals surface area contributed by atoms with Crippen molar-refractivity contribution < 1.29 is 103 Å². The zero-order valence-electron chi connectivity index (χ0n) is 73.6. The molecule has 0 spiro atoms. The van der Waals surface area contributed by atoms with Crippen molar-refractivity contribution in [1.29, 1.82) is 0 Å². The molecule has 702 valence electrons. The van der Waals surface area contributed by atoms with E-state index in [0.29, 0.717) is 164 Å². The van der Waals surface area contributed by atoms with E-state index in [1.165, 1.54) is 25.8 Å². The van der Waals surface area contributed by atoms with Crippen molar-refractivity contribution in [2.45, 2.75) is 216 Å². The number of amides is 2. The van der Waals surface area contributed by atoms with E-state index in [1.54, 1.807) is 28.0 Å². The number of likely N-dealkylation sites (tertiary alicyclic amines) is 3. The highest BCUT2D eigenvalue weighted by Crippen LogP contribution is 2.50. The first-order valence-electron chi connectivity index (χ1n) is 45.3. The van der Waals surface area contributed by atoms with Crippen LogP contribution in [0.4, 0.5) is 39.5 Å². The van der Waals surface area contributed by atoms with E-state index in [-0.39, 0.29) is 113 Å². The number of aliphatic hydroxyl groups excluding tert-OH is 2. The Morgan fingerprint density at radius 3 is 1.34 bits per heavy atom. The molecule has 3 aliphatic carbocycles. The van der Waals surface area contributed by atoms with Gasteiger partial charge in [0.2, 0.25) is 11.8 Å². The number of carboxylic acids is 1. The number of carboxylic acid groups (broad SMARTS) is 1. The smallest absolute Gasteiger partial charge is 0.416 e. The number of ether oxygens (including phenoxy) is 4. The Bertz CT molecular complexity index is 4930. The molecule has 7 aliphatic heterocycles. The molecule has 7 fully saturated rings. The van der Waals surface area contributed by atoms with Gasteiger partial charge in [0.1, 0.15) is 5.75 Å². The van der Waals surface area contributed by atoms with Gasteiger partial charge in [0.15, 0.2) is 5.60 Å². The number of piperidine rings is 3. The molecule has 0 aromatic heterocycles. The van der Waals surface area contributed by atoms with Gasteiger partial charge in [-0.25, -0.2) is 14.4 Å². The van der Waals surface area contributed by atoms with Crippen LogP contribution in [0.2, 0.25) is 15.1 Å². The lowest BCUT2D eigenvalue weighted by Crippen LogP contribution is -2.55. The molecule has 129 heavy (non-hydrogen) atoms. The fraction of sp³-hybridized carbons (Fsp3) is 0.571. The molecule has 4 N–H and O–H groups in total. The van der Waals surface area contributed by atoms with Crippen LogP contribution in [0, 0.1) is 47.3 Å². The minimum Gasteiger partial charge on any atom is -0.479 e. The highest BCUT2D eigenvalue weighted by atomic mass is 35.5. The number of fused-ring (bicyclic) bond motifs is 3. The van der Waals surface area contributed by atoms with E-state index in [4.69, 9.17) is 53.8 Å². The summed E-state index contributed by atoms with van der Waals surface area (Å²) in [6, 6.07) is 29.6. The van der Waals surface area contributed by atoms with Gasteiger partial charge in [0.05, 0.1) is 61.9 Å². The number of carbonyl (C=O) groups is 6. The number of aliphatic carboxylic acids is 1. The second kappa shape index (κ2) is 43.0. The van der Waals surface area contributed by atoms with Gasteiger partial charge in [0, 0.05) is 97.4 Å². The Morgan fingerprint density at radius 2 is 0.953 bits per heavy atom. The number of hydrogen-bond acceptors (Lipinski definition) is 16. The van der Waals surface area contributed by atoms with Crippen LogP contribution in [0.15, 0.2) is 109 Å². The van der Waals surface area contributed by atoms with Gasteiger partial charge in [-0.3, -0.25) is 29.1 Å². The van der Waals surface area contributed by atoms with Crippen LogP contribution in [0.25, 0.3) is 0 Å². The van der Waals surface area contributed by atoms with Crippen LogP contribution in [0.3, 0.4) is 0 Å². The van der Waals surface area contributed by atoms with Crippen molar-refractivity contribution in [2.75, 3.05) is 92.9 Å². The number of alkyl halides is 9. The molecule has 7 heterocycles. The number of methoxy groups -OCH3 is 2. The molecule has 12 atom stereocenters. The maximum absolute atomic E-state index is 13.7. The SMILES string of the molecule is COC(=O)c1cccc([C@H]2CCN([C@@H](CO)CC[C@@H](C(=O)N3CCc4c(Cl)cc(C(F)(F)F)cc4C3)C3CC3)C[C@@H]2C)c1.COC(=O)c1cccc([C@H]2CCN([C@@H]3CC[C@@](C(=O)O)(C4CC4)OC3)C[C@@H]2C)c1.C[C@H]1CN([C@@H](CO)CC[C@@H](C(=O)N2CCc3c(Cl)cc(C(F)(F)F)cc3C2)C2CC2)CC[C@@H]1c1cccc(OC=O)c1.FC(F)(F)c1cc(Cl)c2c(c1)CNCC2. The molecule has 3 saturated carbocycles. The summed E-state index contributed by atoms with van der Waals surface area (Å²) < 4.78 is 139. The average Bonchev–Trinajstić information content (AvgIpc) is 1.65. The number of esters is 2. The van der Waals surface area contributed by atoms with Crippen LogP contribution in [-0.2, 0) is 90.8 Å². The van der Waals surface area contributed by atoms with Crippen molar-refractivity contribution in [1.82, 2.24) is 29.8 Å². The summed E-state index contributed by atoms with van der Waals surface area (Å²) in [5.74, 6) is 1.55. The zero-order chi connectivity index (χ0) is 92.6. The van der Waals surface area contributed by atoms with Crippen molar-refractivity contribution in [3.63, 3.8) is 0 Å². The standard InChI is InChI=1S/C33H40ClF3N2O4.C32H38ClF3N2O4.C23H31NO5.C10H9ClF3N/c1-20-17-38(12-10-27(20)22-4-3-5-23(14-22)32(42)43-2)26(19-40)8-9-29(21-6-7-21)31(41)39-13-11-28-24(18-39)15-25(16-30(28)34)33(35,36)37;1-20-16-37(11-9-27(20)22-3-2-4-26(14-22)42-19-40)25(18-39)7-8-29(21-5-6-21)31(41)38-12-10-28-23(17-38)13-24(15-30(28)33)32(34,35)36;1-15-13-24(19-8-10-23(22(26)27,29-14-19)18-6-7-18)11-9-20(15)16-4-3-5-17(12-16)21(25)28-2;11-9-4-7(10(12,13)14)3-6-5-15-2-1-8(6)9/h3-5,14-16,20-21,26-27,29,40H,6-13,17-19H2,1-2H3;2-4,13-15,19-21,25,27,29,39H,5-12,16-18H2,1H3;3-5,12,15,18-20H,6-11,13-14H2,1-2H3,(H,26,27);3-4,15H,1-2,5H2/t20-,26+,27-,29+;20-,25+,27-,29+;15-,19+,20-,23-;/m000./s1. The van der Waals surface area contributed by atoms with E-state index in [2.05, 4.69) is 59.0 Å². The van der Waals surface area contributed by atoms with E-state index in [1.807, 2.05) is 36.4 Å². The van der Waals surface area contributed by atoms with E-state index >= 15 is 0 Å². The molecule has 0 unspecified atom stereocenters. The van der Waals surface area contributed by atoms with E-state index in [9.17, 15) is 83.6 Å². The topological polar surface area (TPSA) is 228 Å². The van der Waals surface area contributed by atoms with Crippen molar-refractivity contribution in [3.05, 3.63) is 202 Å². The summed E-state index contributed by atoms with van der Waals surface area (Å²) in [6.07, 6.45) is 1.04. The molecular weight excluding hydrogens is 1750 g/mol. The second-order valence-corrected chi connectivity index (χ2v) is 38.3. The lowest BCUT2D eigenvalue weighted by atomic mass is 9.80. The number of hydrogen-bond donors (Lipinski definition) is 4. The third kappa shape index (κ3) is 24.4. The Morgan fingerprint density at radius 1 is 0.527 bits per heavy atom. The molecular formula is C98H118Cl3F9N6O13. The largest absolute Gasteiger partial charge is 0.479 e. The first kappa shape index (κ1) is 98.6. The van der Waals surface area contributed by atoms with Crippen molar-refractivity contribution in [3.8, 4) is 5.75 Å². The predicted molar refractivity (Wildman–Crippen MR) is 471 cm³/mol. The van der Waals surface area contributed by atoms with Gasteiger partial charge >= 0.3 is 36.4 Å². The summed E-state index contributed by atoms with van der Waals surface area (Å²) in [5, 5.41) is 33.9. The molecule has 2 amide bonds. The summed E-state index contributed by atoms with van der Waals surface area (Å²) >= 11 is 18.2. The third-order valence-corrected chi connectivity index (χ3v) is 29.7.